The molecule has 2 heterocycles. The minimum Gasteiger partial charge on any atom is -0.312 e. The van der Waals surface area contributed by atoms with Crippen molar-refractivity contribution in [2.45, 2.75) is 57.0 Å². The summed E-state index contributed by atoms with van der Waals surface area (Å²) >= 11 is 0. The molecule has 2 aliphatic heterocycles. The van der Waals surface area contributed by atoms with Crippen LogP contribution >= 0.6 is 0 Å². The van der Waals surface area contributed by atoms with Crippen LogP contribution in [0, 0.1) is 6.92 Å². The van der Waals surface area contributed by atoms with Crippen LogP contribution in [0.3, 0.4) is 0 Å². The molecule has 2 aliphatic rings. The van der Waals surface area contributed by atoms with Gasteiger partial charge in [0.25, 0.3) is 0 Å². The molecule has 6 nitrogen and oxygen atoms in total. The fourth-order valence-electron chi connectivity index (χ4n) is 4.50. The van der Waals surface area contributed by atoms with Gasteiger partial charge in [0.05, 0.1) is 4.90 Å². The Morgan fingerprint density at radius 3 is 2.35 bits per heavy atom. The summed E-state index contributed by atoms with van der Waals surface area (Å²) in [5.74, 6) is 0.0992. The number of likely N-dealkylation sites (tertiary alicyclic amines) is 1. The summed E-state index contributed by atoms with van der Waals surface area (Å²) in [6.45, 7) is 5.87. The number of nitrogens with zero attached hydrogens (tertiary/aromatic N) is 2. The lowest BCUT2D eigenvalue weighted by molar-refractivity contribution is -0.117. The Balaban J connectivity index is 1.46. The number of anilines is 1. The van der Waals surface area contributed by atoms with Gasteiger partial charge in [-0.05, 0) is 74.2 Å². The average Bonchev–Trinajstić information content (AvgIpc) is 3.19. The van der Waals surface area contributed by atoms with Gasteiger partial charge >= 0.3 is 0 Å². The molecular formula is C24H31N3O3S. The highest BCUT2D eigenvalue weighted by Gasteiger charge is 2.24. The number of rotatable bonds is 7. The molecule has 2 saturated heterocycles. The molecule has 166 valence electrons. The highest BCUT2D eigenvalue weighted by molar-refractivity contribution is 7.89. The van der Waals surface area contributed by atoms with Gasteiger partial charge in [0.1, 0.15) is 0 Å². The van der Waals surface area contributed by atoms with Gasteiger partial charge in [-0.3, -0.25) is 9.69 Å². The Bertz CT molecular complexity index is 1050. The quantitative estimate of drug-likeness (QED) is 0.713. The molecule has 4 rings (SSSR count). The molecule has 0 radical (unpaired) electrons. The summed E-state index contributed by atoms with van der Waals surface area (Å²) in [5.41, 5.74) is 3.77. The molecule has 0 aromatic heterocycles. The standard InChI is InChI=1S/C24H31N3O3S/c1-19-16-22(11-12-23(19)27-15-7-10-24(27)28)31(29,30)25-17-20-8-3-4-9-21(20)18-26-13-5-2-6-14-26/h3-4,8-9,11-12,16,25H,2,5-7,10,13-15,17-18H2,1H3. The van der Waals surface area contributed by atoms with Crippen LogP contribution in [-0.4, -0.2) is 38.9 Å². The van der Waals surface area contributed by atoms with Crippen molar-refractivity contribution < 1.29 is 13.2 Å². The first-order valence-corrected chi connectivity index (χ1v) is 12.6. The Morgan fingerprint density at radius 2 is 1.68 bits per heavy atom. The molecular weight excluding hydrogens is 410 g/mol. The van der Waals surface area contributed by atoms with Crippen molar-refractivity contribution in [3.05, 3.63) is 59.2 Å². The molecule has 0 saturated carbocycles. The average molecular weight is 442 g/mol. The number of aryl methyl sites for hydroxylation is 1. The van der Waals surface area contributed by atoms with Gasteiger partial charge < -0.3 is 4.90 Å². The van der Waals surface area contributed by atoms with E-state index in [1.165, 1.54) is 24.8 Å². The maximum Gasteiger partial charge on any atom is 0.240 e. The molecule has 0 unspecified atom stereocenters. The second-order valence-electron chi connectivity index (χ2n) is 8.53. The summed E-state index contributed by atoms with van der Waals surface area (Å²) in [6, 6.07) is 13.0. The van der Waals surface area contributed by atoms with E-state index in [9.17, 15) is 13.2 Å². The van der Waals surface area contributed by atoms with Crippen molar-refractivity contribution in [2.24, 2.45) is 0 Å². The minimum atomic E-state index is -3.65. The third-order valence-corrected chi connectivity index (χ3v) is 7.66. The zero-order chi connectivity index (χ0) is 21.8. The number of nitrogens with one attached hydrogen (secondary N) is 1. The van der Waals surface area contributed by atoms with E-state index < -0.39 is 10.0 Å². The molecule has 0 bridgehead atoms. The molecule has 2 aromatic rings. The maximum absolute atomic E-state index is 13.0. The van der Waals surface area contributed by atoms with Crippen molar-refractivity contribution in [2.75, 3.05) is 24.5 Å². The van der Waals surface area contributed by atoms with Gasteiger partial charge in [0.15, 0.2) is 0 Å². The van der Waals surface area contributed by atoms with Crippen molar-refractivity contribution in [1.82, 2.24) is 9.62 Å². The predicted molar refractivity (Wildman–Crippen MR) is 122 cm³/mol. The third-order valence-electron chi connectivity index (χ3n) is 6.26. The molecule has 1 amide bonds. The normalized spacial score (nSPS) is 18.0. The highest BCUT2D eigenvalue weighted by atomic mass is 32.2. The molecule has 2 fully saturated rings. The predicted octanol–water partition coefficient (Wildman–Crippen LogP) is 3.59. The lowest BCUT2D eigenvalue weighted by atomic mass is 10.1. The number of piperidine rings is 1. The van der Waals surface area contributed by atoms with E-state index >= 15 is 0 Å². The molecule has 0 atom stereocenters. The zero-order valence-corrected chi connectivity index (χ0v) is 19.0. The third kappa shape index (κ3) is 5.17. The lowest BCUT2D eigenvalue weighted by Gasteiger charge is -2.27. The summed E-state index contributed by atoms with van der Waals surface area (Å²) in [6.07, 6.45) is 5.15. The first-order valence-electron chi connectivity index (χ1n) is 11.1. The van der Waals surface area contributed by atoms with E-state index in [0.717, 1.165) is 42.9 Å². The highest BCUT2D eigenvalue weighted by Crippen LogP contribution is 2.27. The fourth-order valence-corrected chi connectivity index (χ4v) is 5.59. The second-order valence-corrected chi connectivity index (χ2v) is 10.3. The summed E-state index contributed by atoms with van der Waals surface area (Å²) in [4.78, 5) is 16.5. The van der Waals surface area contributed by atoms with Gasteiger partial charge in [0, 0.05) is 31.7 Å². The van der Waals surface area contributed by atoms with Crippen molar-refractivity contribution in [1.29, 1.82) is 0 Å². The Labute approximate surface area is 185 Å². The van der Waals surface area contributed by atoms with E-state index in [4.69, 9.17) is 0 Å². The molecule has 2 aromatic carbocycles. The van der Waals surface area contributed by atoms with E-state index in [0.29, 0.717) is 13.0 Å². The summed E-state index contributed by atoms with van der Waals surface area (Å²) in [5, 5.41) is 0. The SMILES string of the molecule is Cc1cc(S(=O)(=O)NCc2ccccc2CN2CCCCC2)ccc1N1CCCC1=O. The summed E-state index contributed by atoms with van der Waals surface area (Å²) in [7, 11) is -3.65. The van der Waals surface area contributed by atoms with Crippen LogP contribution in [0.15, 0.2) is 47.4 Å². The van der Waals surface area contributed by atoms with Gasteiger partial charge in [-0.25, -0.2) is 13.1 Å². The van der Waals surface area contributed by atoms with Crippen LogP contribution in [0.5, 0.6) is 0 Å². The zero-order valence-electron chi connectivity index (χ0n) is 18.1. The van der Waals surface area contributed by atoms with Crippen molar-refractivity contribution in [3.63, 3.8) is 0 Å². The number of hydrogen-bond donors (Lipinski definition) is 1. The first kappa shape index (κ1) is 22.0. The summed E-state index contributed by atoms with van der Waals surface area (Å²) < 4.78 is 28.7. The molecule has 0 aliphatic carbocycles. The maximum atomic E-state index is 13.0. The molecule has 7 heteroatoms. The van der Waals surface area contributed by atoms with Crippen molar-refractivity contribution in [3.8, 4) is 0 Å². The Morgan fingerprint density at radius 1 is 0.935 bits per heavy atom. The number of sulfonamides is 1. The number of benzene rings is 2. The molecule has 0 spiro atoms. The van der Waals surface area contributed by atoms with Crippen LogP contribution in [0.1, 0.15) is 48.8 Å². The Hall–Kier alpha value is -2.22. The van der Waals surface area contributed by atoms with Gasteiger partial charge in [-0.2, -0.15) is 0 Å². The molecule has 31 heavy (non-hydrogen) atoms. The van der Waals surface area contributed by atoms with E-state index in [1.807, 2.05) is 25.1 Å². The number of carbonyl (C=O) groups excluding carboxylic acids is 1. The van der Waals surface area contributed by atoms with Gasteiger partial charge in [-0.15, -0.1) is 0 Å². The van der Waals surface area contributed by atoms with Crippen LogP contribution in [0.25, 0.3) is 0 Å². The first-order chi connectivity index (χ1) is 14.9. The van der Waals surface area contributed by atoms with E-state index in [2.05, 4.69) is 15.7 Å². The number of amides is 1. The molecule has 1 N–H and O–H groups in total. The minimum absolute atomic E-state index is 0.0992. The smallest absolute Gasteiger partial charge is 0.240 e. The van der Waals surface area contributed by atoms with Crippen LogP contribution in [-0.2, 0) is 27.9 Å². The van der Waals surface area contributed by atoms with Crippen molar-refractivity contribution >= 4 is 21.6 Å². The number of carbonyl (C=O) groups is 1. The van der Waals surface area contributed by atoms with Crippen LogP contribution in [0.2, 0.25) is 0 Å². The van der Waals surface area contributed by atoms with E-state index in [-0.39, 0.29) is 17.3 Å². The van der Waals surface area contributed by atoms with Gasteiger partial charge in [-0.1, -0.05) is 30.7 Å². The largest absolute Gasteiger partial charge is 0.312 e. The topological polar surface area (TPSA) is 69.7 Å². The van der Waals surface area contributed by atoms with Crippen LogP contribution in [0.4, 0.5) is 5.69 Å². The number of hydrogen-bond acceptors (Lipinski definition) is 4. The lowest BCUT2D eigenvalue weighted by Crippen LogP contribution is -2.30. The fraction of sp³-hybridized carbons (Fsp3) is 0.458. The van der Waals surface area contributed by atoms with E-state index in [1.54, 1.807) is 23.1 Å². The van der Waals surface area contributed by atoms with Crippen LogP contribution < -0.4 is 9.62 Å². The second kappa shape index (κ2) is 9.51. The Kier molecular flexibility index (Phi) is 6.74. The van der Waals surface area contributed by atoms with Gasteiger partial charge in [0.2, 0.25) is 15.9 Å². The monoisotopic (exact) mass is 441 g/mol.